The Morgan fingerprint density at radius 2 is 2.12 bits per heavy atom. The Hall–Kier alpha value is -2.67. The lowest BCUT2D eigenvalue weighted by atomic mass is 10.0. The summed E-state index contributed by atoms with van der Waals surface area (Å²) in [5.41, 5.74) is 0.563. The summed E-state index contributed by atoms with van der Waals surface area (Å²) in [6.45, 7) is 1.25. The number of carbonyl (C=O) groups excluding carboxylic acids is 1. The maximum absolute atomic E-state index is 12.4. The number of benzene rings is 1. The molecule has 2 N–H and O–H groups in total. The summed E-state index contributed by atoms with van der Waals surface area (Å²) < 4.78 is 5.10. The third kappa shape index (κ3) is 3.46. The van der Waals surface area contributed by atoms with Gasteiger partial charge in [0.25, 0.3) is 5.91 Å². The number of rotatable bonds is 5. The van der Waals surface area contributed by atoms with Crippen molar-refractivity contribution in [1.29, 1.82) is 0 Å². The number of ether oxygens (including phenoxy) is 1. The highest BCUT2D eigenvalue weighted by Crippen LogP contribution is 2.22. The summed E-state index contributed by atoms with van der Waals surface area (Å²) in [6.07, 6.45) is 3.17. The third-order valence-corrected chi connectivity index (χ3v) is 4.23. The fourth-order valence-corrected chi connectivity index (χ4v) is 2.87. The van der Waals surface area contributed by atoms with Crippen LogP contribution in [0.4, 0.5) is 5.82 Å². The van der Waals surface area contributed by atoms with Gasteiger partial charge in [-0.05, 0) is 30.3 Å². The van der Waals surface area contributed by atoms with E-state index in [2.05, 4.69) is 15.3 Å². The van der Waals surface area contributed by atoms with Gasteiger partial charge >= 0.3 is 0 Å². The van der Waals surface area contributed by atoms with E-state index in [-0.39, 0.29) is 24.5 Å². The molecular weight excluding hydrogens is 308 g/mol. The van der Waals surface area contributed by atoms with Crippen molar-refractivity contribution in [2.45, 2.75) is 6.04 Å². The Labute approximate surface area is 140 Å². The smallest absolute Gasteiger partial charge is 0.251 e. The molecule has 0 bridgehead atoms. The molecule has 1 aromatic carbocycles. The highest BCUT2D eigenvalue weighted by molar-refractivity contribution is 5.94. The SMILES string of the molecule is COc1ccc(C(=O)N[C@@H]2CN(c3ccncn3)C[C@H]2CO)cc1. The number of aromatic nitrogens is 2. The van der Waals surface area contributed by atoms with E-state index in [1.165, 1.54) is 6.33 Å². The lowest BCUT2D eigenvalue weighted by Gasteiger charge is -2.18. The molecule has 1 aromatic heterocycles. The van der Waals surface area contributed by atoms with Crippen LogP contribution >= 0.6 is 0 Å². The quantitative estimate of drug-likeness (QED) is 0.841. The second kappa shape index (κ2) is 7.27. The first-order chi connectivity index (χ1) is 11.7. The fraction of sp³-hybridized carbons (Fsp3) is 0.353. The molecule has 0 spiro atoms. The molecule has 24 heavy (non-hydrogen) atoms. The van der Waals surface area contributed by atoms with Crippen LogP contribution in [0.1, 0.15) is 10.4 Å². The summed E-state index contributed by atoms with van der Waals surface area (Å²) in [6, 6.07) is 8.63. The normalized spacial score (nSPS) is 20.0. The molecule has 0 saturated carbocycles. The van der Waals surface area contributed by atoms with E-state index < -0.39 is 0 Å². The first-order valence-corrected chi connectivity index (χ1v) is 7.78. The van der Waals surface area contributed by atoms with E-state index >= 15 is 0 Å². The zero-order valence-electron chi connectivity index (χ0n) is 13.4. The minimum absolute atomic E-state index is 0.00907. The molecule has 7 nitrogen and oxygen atoms in total. The van der Waals surface area contributed by atoms with Crippen LogP contribution in [-0.2, 0) is 0 Å². The van der Waals surface area contributed by atoms with Crippen LogP contribution in [0.25, 0.3) is 0 Å². The highest BCUT2D eigenvalue weighted by Gasteiger charge is 2.34. The first-order valence-electron chi connectivity index (χ1n) is 7.78. The van der Waals surface area contributed by atoms with Crippen LogP contribution in [0.5, 0.6) is 5.75 Å². The third-order valence-electron chi connectivity index (χ3n) is 4.23. The number of nitrogens with one attached hydrogen (secondary N) is 1. The maximum Gasteiger partial charge on any atom is 0.251 e. The van der Waals surface area contributed by atoms with Crippen LogP contribution < -0.4 is 15.0 Å². The van der Waals surface area contributed by atoms with Crippen LogP contribution in [0.15, 0.2) is 42.9 Å². The van der Waals surface area contributed by atoms with Gasteiger partial charge in [-0.15, -0.1) is 0 Å². The van der Waals surface area contributed by atoms with E-state index in [4.69, 9.17) is 4.74 Å². The Morgan fingerprint density at radius 1 is 1.33 bits per heavy atom. The number of aliphatic hydroxyl groups is 1. The standard InChI is InChI=1S/C17H20N4O3/c1-24-14-4-2-12(3-5-14)17(23)20-15-9-21(8-13(15)10-22)16-6-7-18-11-19-16/h2-7,11,13,15,22H,8-10H2,1H3,(H,20,23)/t13-,15+/m0/s1. The average molecular weight is 328 g/mol. The number of aliphatic hydroxyl groups excluding tert-OH is 1. The number of hydrogen-bond donors (Lipinski definition) is 2. The maximum atomic E-state index is 12.4. The average Bonchev–Trinajstić information content (AvgIpc) is 3.05. The van der Waals surface area contributed by atoms with E-state index in [0.29, 0.717) is 24.4 Å². The Morgan fingerprint density at radius 3 is 2.75 bits per heavy atom. The predicted octanol–water partition coefficient (Wildman–Crippen LogP) is 0.712. The Bertz CT molecular complexity index is 678. The van der Waals surface area contributed by atoms with Gasteiger partial charge in [-0.1, -0.05) is 0 Å². The Balaban J connectivity index is 1.67. The van der Waals surface area contributed by atoms with Gasteiger partial charge in [-0.2, -0.15) is 0 Å². The first kappa shape index (κ1) is 16.2. The van der Waals surface area contributed by atoms with Gasteiger partial charge in [0.05, 0.1) is 13.2 Å². The van der Waals surface area contributed by atoms with Crippen molar-refractivity contribution in [3.05, 3.63) is 48.4 Å². The highest BCUT2D eigenvalue weighted by atomic mass is 16.5. The molecule has 2 heterocycles. The predicted molar refractivity (Wildman–Crippen MR) is 89.1 cm³/mol. The zero-order valence-corrected chi connectivity index (χ0v) is 13.4. The number of amides is 1. The topological polar surface area (TPSA) is 87.6 Å². The minimum Gasteiger partial charge on any atom is -0.497 e. The van der Waals surface area contributed by atoms with Crippen molar-refractivity contribution in [2.24, 2.45) is 5.92 Å². The lowest BCUT2D eigenvalue weighted by molar-refractivity contribution is 0.0921. The van der Waals surface area contributed by atoms with Gasteiger partial charge in [-0.3, -0.25) is 4.79 Å². The summed E-state index contributed by atoms with van der Waals surface area (Å²) in [5, 5.41) is 12.6. The monoisotopic (exact) mass is 328 g/mol. The van der Waals surface area contributed by atoms with Gasteiger partial charge < -0.3 is 20.1 Å². The van der Waals surface area contributed by atoms with Crippen molar-refractivity contribution in [2.75, 3.05) is 31.7 Å². The number of methoxy groups -OCH3 is 1. The Kier molecular flexibility index (Phi) is 4.90. The molecule has 2 atom stereocenters. The van der Waals surface area contributed by atoms with Gasteiger partial charge in [0.2, 0.25) is 0 Å². The second-order valence-electron chi connectivity index (χ2n) is 5.72. The van der Waals surface area contributed by atoms with Crippen molar-refractivity contribution >= 4 is 11.7 Å². The molecule has 0 aliphatic carbocycles. The van der Waals surface area contributed by atoms with Crippen LogP contribution in [-0.4, -0.2) is 53.8 Å². The molecule has 126 valence electrons. The van der Waals surface area contributed by atoms with Gasteiger partial charge in [0.1, 0.15) is 17.9 Å². The number of anilines is 1. The molecule has 3 rings (SSSR count). The number of nitrogens with zero attached hydrogens (tertiary/aromatic N) is 3. The molecule has 0 unspecified atom stereocenters. The molecule has 7 heteroatoms. The van der Waals surface area contributed by atoms with E-state index in [9.17, 15) is 9.90 Å². The molecule has 0 radical (unpaired) electrons. The van der Waals surface area contributed by atoms with Crippen LogP contribution in [0, 0.1) is 5.92 Å². The largest absolute Gasteiger partial charge is 0.497 e. The summed E-state index contributed by atoms with van der Waals surface area (Å²) >= 11 is 0. The van der Waals surface area contributed by atoms with Crippen molar-refractivity contribution in [3.8, 4) is 5.75 Å². The van der Waals surface area contributed by atoms with E-state index in [1.807, 2.05) is 11.0 Å². The molecule has 1 fully saturated rings. The lowest BCUT2D eigenvalue weighted by Crippen LogP contribution is -2.41. The van der Waals surface area contributed by atoms with Crippen molar-refractivity contribution < 1.29 is 14.6 Å². The number of carbonyl (C=O) groups is 1. The summed E-state index contributed by atoms with van der Waals surface area (Å²) in [5.74, 6) is 1.30. The van der Waals surface area contributed by atoms with Gasteiger partial charge in [0, 0.05) is 37.4 Å². The minimum atomic E-state index is -0.161. The molecule has 1 saturated heterocycles. The molecule has 1 aliphatic heterocycles. The molecule has 2 aromatic rings. The van der Waals surface area contributed by atoms with Gasteiger partial charge in [-0.25, -0.2) is 9.97 Å². The summed E-state index contributed by atoms with van der Waals surface area (Å²) in [4.78, 5) is 22.6. The zero-order chi connectivity index (χ0) is 16.9. The molecular formula is C17H20N4O3. The molecule has 1 aliphatic rings. The van der Waals surface area contributed by atoms with E-state index in [1.54, 1.807) is 37.6 Å². The van der Waals surface area contributed by atoms with Crippen LogP contribution in [0.3, 0.4) is 0 Å². The summed E-state index contributed by atoms with van der Waals surface area (Å²) in [7, 11) is 1.58. The van der Waals surface area contributed by atoms with Crippen LogP contribution in [0.2, 0.25) is 0 Å². The molecule has 1 amide bonds. The van der Waals surface area contributed by atoms with Gasteiger partial charge in [0.15, 0.2) is 0 Å². The second-order valence-corrected chi connectivity index (χ2v) is 5.72. The van der Waals surface area contributed by atoms with Crippen molar-refractivity contribution in [1.82, 2.24) is 15.3 Å². The fourth-order valence-electron chi connectivity index (χ4n) is 2.87. The number of hydrogen-bond acceptors (Lipinski definition) is 6. The van der Waals surface area contributed by atoms with Crippen molar-refractivity contribution in [3.63, 3.8) is 0 Å². The van der Waals surface area contributed by atoms with E-state index in [0.717, 1.165) is 5.82 Å².